The van der Waals surface area contributed by atoms with Crippen LogP contribution in [0.25, 0.3) is 0 Å². The standard InChI is InChI=1S/C15H21NOS/c18-11-13(12-4-2-1-3-5-12)8-16-9-14-6-7-15(10-16)17-14/h1-5,13-15,18H,6-11H2. The van der Waals surface area contributed by atoms with Crippen LogP contribution in [-0.2, 0) is 4.74 Å². The molecule has 0 aromatic heterocycles. The molecule has 0 amide bonds. The Morgan fingerprint density at radius 3 is 2.44 bits per heavy atom. The van der Waals surface area contributed by atoms with Gasteiger partial charge >= 0.3 is 0 Å². The minimum Gasteiger partial charge on any atom is -0.372 e. The lowest BCUT2D eigenvalue weighted by molar-refractivity contribution is -0.0393. The summed E-state index contributed by atoms with van der Waals surface area (Å²) >= 11 is 4.53. The first-order valence-electron chi connectivity index (χ1n) is 6.89. The summed E-state index contributed by atoms with van der Waals surface area (Å²) in [5, 5.41) is 0. The number of morpholine rings is 1. The Kier molecular flexibility index (Phi) is 3.92. The van der Waals surface area contributed by atoms with Crippen molar-refractivity contribution in [2.45, 2.75) is 31.0 Å². The van der Waals surface area contributed by atoms with Crippen LogP contribution in [0.5, 0.6) is 0 Å². The Hall–Kier alpha value is -0.510. The normalized spacial score (nSPS) is 29.4. The molecule has 0 radical (unpaired) electrons. The largest absolute Gasteiger partial charge is 0.372 e. The SMILES string of the molecule is SCC(CN1CC2CCC(C1)O2)c1ccccc1. The summed E-state index contributed by atoms with van der Waals surface area (Å²) in [6.07, 6.45) is 3.47. The molecule has 2 saturated heterocycles. The molecular formula is C15H21NOS. The van der Waals surface area contributed by atoms with Gasteiger partial charge < -0.3 is 4.74 Å². The van der Waals surface area contributed by atoms with Crippen LogP contribution in [0.2, 0.25) is 0 Å². The highest BCUT2D eigenvalue weighted by Crippen LogP contribution is 2.28. The van der Waals surface area contributed by atoms with Crippen LogP contribution in [0.15, 0.2) is 30.3 Å². The van der Waals surface area contributed by atoms with Crippen molar-refractivity contribution in [3.8, 4) is 0 Å². The lowest BCUT2D eigenvalue weighted by Crippen LogP contribution is -2.44. The summed E-state index contributed by atoms with van der Waals surface area (Å²) in [4.78, 5) is 2.57. The number of likely N-dealkylation sites (tertiary alicyclic amines) is 1. The third-order valence-electron chi connectivity index (χ3n) is 4.09. The fraction of sp³-hybridized carbons (Fsp3) is 0.600. The number of fused-ring (bicyclic) bond motifs is 2. The molecule has 0 aliphatic carbocycles. The van der Waals surface area contributed by atoms with Crippen molar-refractivity contribution in [3.05, 3.63) is 35.9 Å². The van der Waals surface area contributed by atoms with Gasteiger partial charge in [0.1, 0.15) is 0 Å². The molecule has 18 heavy (non-hydrogen) atoms. The lowest BCUT2D eigenvalue weighted by atomic mass is 10.00. The van der Waals surface area contributed by atoms with E-state index in [1.807, 2.05) is 0 Å². The minimum atomic E-state index is 0.486. The van der Waals surface area contributed by atoms with Gasteiger partial charge in [-0.3, -0.25) is 4.90 Å². The second-order valence-corrected chi connectivity index (χ2v) is 5.83. The van der Waals surface area contributed by atoms with Gasteiger partial charge in [-0.2, -0.15) is 12.6 Å². The predicted molar refractivity (Wildman–Crippen MR) is 77.4 cm³/mol. The Morgan fingerprint density at radius 2 is 1.83 bits per heavy atom. The van der Waals surface area contributed by atoms with E-state index >= 15 is 0 Å². The Bertz CT molecular complexity index is 371. The molecule has 2 bridgehead atoms. The fourth-order valence-corrected chi connectivity index (χ4v) is 3.48. The molecule has 2 heterocycles. The zero-order valence-electron chi connectivity index (χ0n) is 10.7. The Balaban J connectivity index is 1.64. The van der Waals surface area contributed by atoms with Crippen molar-refractivity contribution in [2.75, 3.05) is 25.4 Å². The third kappa shape index (κ3) is 2.73. The molecule has 0 N–H and O–H groups in total. The smallest absolute Gasteiger partial charge is 0.0707 e. The van der Waals surface area contributed by atoms with Crippen LogP contribution in [-0.4, -0.2) is 42.5 Å². The molecule has 2 aliphatic rings. The number of ether oxygens (including phenoxy) is 1. The summed E-state index contributed by atoms with van der Waals surface area (Å²) in [5.41, 5.74) is 1.41. The number of thiol groups is 1. The van der Waals surface area contributed by atoms with Gasteiger partial charge in [0.2, 0.25) is 0 Å². The second-order valence-electron chi connectivity index (χ2n) is 5.47. The van der Waals surface area contributed by atoms with Crippen molar-refractivity contribution in [3.63, 3.8) is 0 Å². The van der Waals surface area contributed by atoms with E-state index < -0.39 is 0 Å². The molecular weight excluding hydrogens is 242 g/mol. The van der Waals surface area contributed by atoms with Gasteiger partial charge in [-0.25, -0.2) is 0 Å². The summed E-state index contributed by atoms with van der Waals surface area (Å²) < 4.78 is 5.89. The maximum atomic E-state index is 5.89. The summed E-state index contributed by atoms with van der Waals surface area (Å²) in [6, 6.07) is 10.8. The molecule has 0 saturated carbocycles. The van der Waals surface area contributed by atoms with Crippen LogP contribution in [0, 0.1) is 0 Å². The van der Waals surface area contributed by atoms with Crippen LogP contribution in [0.3, 0.4) is 0 Å². The number of benzene rings is 1. The summed E-state index contributed by atoms with van der Waals surface area (Å²) in [7, 11) is 0. The third-order valence-corrected chi connectivity index (χ3v) is 4.53. The molecule has 1 aromatic rings. The number of rotatable bonds is 4. The molecule has 0 spiro atoms. The van der Waals surface area contributed by atoms with E-state index in [-0.39, 0.29) is 0 Å². The first kappa shape index (κ1) is 12.5. The molecule has 3 heteroatoms. The van der Waals surface area contributed by atoms with Gasteiger partial charge in [0.25, 0.3) is 0 Å². The zero-order valence-corrected chi connectivity index (χ0v) is 11.6. The van der Waals surface area contributed by atoms with Gasteiger partial charge in [0, 0.05) is 25.6 Å². The first-order chi connectivity index (χ1) is 8.85. The van der Waals surface area contributed by atoms with E-state index in [1.54, 1.807) is 0 Å². The maximum Gasteiger partial charge on any atom is 0.0707 e. The van der Waals surface area contributed by atoms with Crippen LogP contribution < -0.4 is 0 Å². The number of nitrogens with zero attached hydrogens (tertiary/aromatic N) is 1. The van der Waals surface area contributed by atoms with Gasteiger partial charge in [0.05, 0.1) is 12.2 Å². The molecule has 2 nitrogen and oxygen atoms in total. The van der Waals surface area contributed by atoms with Crippen LogP contribution in [0.4, 0.5) is 0 Å². The predicted octanol–water partition coefficient (Wildman–Crippen LogP) is 2.56. The zero-order chi connectivity index (χ0) is 12.4. The van der Waals surface area contributed by atoms with E-state index in [9.17, 15) is 0 Å². The Labute approximate surface area is 115 Å². The van der Waals surface area contributed by atoms with Crippen molar-refractivity contribution in [2.24, 2.45) is 0 Å². The highest BCUT2D eigenvalue weighted by Gasteiger charge is 2.34. The summed E-state index contributed by atoms with van der Waals surface area (Å²) in [6.45, 7) is 3.32. The molecule has 1 aromatic carbocycles. The number of hydrogen-bond donors (Lipinski definition) is 1. The molecule has 2 fully saturated rings. The average molecular weight is 263 g/mol. The molecule has 98 valence electrons. The molecule has 3 unspecified atom stereocenters. The lowest BCUT2D eigenvalue weighted by Gasteiger charge is -2.34. The van der Waals surface area contributed by atoms with Gasteiger partial charge in [0.15, 0.2) is 0 Å². The van der Waals surface area contributed by atoms with Gasteiger partial charge in [-0.15, -0.1) is 0 Å². The maximum absolute atomic E-state index is 5.89. The van der Waals surface area contributed by atoms with Crippen LogP contribution in [0.1, 0.15) is 24.3 Å². The average Bonchev–Trinajstić information content (AvgIpc) is 2.76. The van der Waals surface area contributed by atoms with E-state index in [2.05, 4.69) is 47.9 Å². The van der Waals surface area contributed by atoms with Crippen molar-refractivity contribution in [1.29, 1.82) is 0 Å². The van der Waals surface area contributed by atoms with Crippen LogP contribution >= 0.6 is 12.6 Å². The quantitative estimate of drug-likeness (QED) is 0.838. The van der Waals surface area contributed by atoms with Gasteiger partial charge in [-0.05, 0) is 24.2 Å². The Morgan fingerprint density at radius 1 is 1.17 bits per heavy atom. The topological polar surface area (TPSA) is 12.5 Å². The molecule has 3 atom stereocenters. The van der Waals surface area contributed by atoms with E-state index in [4.69, 9.17) is 4.74 Å². The van der Waals surface area contributed by atoms with Crippen molar-refractivity contribution in [1.82, 2.24) is 4.90 Å². The molecule has 2 aliphatic heterocycles. The van der Waals surface area contributed by atoms with E-state index in [0.717, 1.165) is 25.4 Å². The summed E-state index contributed by atoms with van der Waals surface area (Å²) in [5.74, 6) is 1.45. The highest BCUT2D eigenvalue weighted by atomic mass is 32.1. The number of hydrogen-bond acceptors (Lipinski definition) is 3. The van der Waals surface area contributed by atoms with Gasteiger partial charge in [-0.1, -0.05) is 30.3 Å². The minimum absolute atomic E-state index is 0.486. The van der Waals surface area contributed by atoms with Crippen molar-refractivity contribution >= 4 is 12.6 Å². The molecule has 3 rings (SSSR count). The first-order valence-corrected chi connectivity index (χ1v) is 7.52. The highest BCUT2D eigenvalue weighted by molar-refractivity contribution is 7.80. The monoisotopic (exact) mass is 263 g/mol. The second kappa shape index (κ2) is 5.64. The van der Waals surface area contributed by atoms with E-state index in [1.165, 1.54) is 18.4 Å². The van der Waals surface area contributed by atoms with Crippen molar-refractivity contribution < 1.29 is 4.74 Å². The fourth-order valence-electron chi connectivity index (χ4n) is 3.15. The van der Waals surface area contributed by atoms with E-state index in [0.29, 0.717) is 18.1 Å².